The van der Waals surface area contributed by atoms with Gasteiger partial charge in [0.1, 0.15) is 6.04 Å². The fourth-order valence-corrected chi connectivity index (χ4v) is 5.90. The number of benzene rings is 3. The van der Waals surface area contributed by atoms with Gasteiger partial charge in [0, 0.05) is 11.3 Å². The Balaban J connectivity index is 1.47. The van der Waals surface area contributed by atoms with E-state index in [1.54, 1.807) is 17.9 Å². The minimum atomic E-state index is -4.64. The molecule has 3 aliphatic rings. The summed E-state index contributed by atoms with van der Waals surface area (Å²) in [5.41, 5.74) is 0.423. The number of carbonyl (C=O) groups excluding carboxylic acids is 3. The first-order valence-corrected chi connectivity index (χ1v) is 11.9. The highest BCUT2D eigenvalue weighted by atomic mass is 19.4. The number of ether oxygens (including phenoxy) is 1. The van der Waals surface area contributed by atoms with Gasteiger partial charge in [0.25, 0.3) is 0 Å². The first-order valence-electron chi connectivity index (χ1n) is 11.9. The lowest BCUT2D eigenvalue weighted by Crippen LogP contribution is -2.49. The summed E-state index contributed by atoms with van der Waals surface area (Å²) in [5, 5.41) is 1.96. The van der Waals surface area contributed by atoms with E-state index >= 15 is 0 Å². The van der Waals surface area contributed by atoms with Gasteiger partial charge in [0.15, 0.2) is 0 Å². The largest absolute Gasteiger partial charge is 0.464 e. The molecule has 2 amide bonds. The van der Waals surface area contributed by atoms with Gasteiger partial charge < -0.3 is 9.64 Å². The zero-order valence-corrected chi connectivity index (χ0v) is 19.6. The molecule has 0 bridgehead atoms. The van der Waals surface area contributed by atoms with Crippen LogP contribution in [0.2, 0.25) is 0 Å². The molecule has 3 aliphatic heterocycles. The summed E-state index contributed by atoms with van der Waals surface area (Å²) in [6, 6.07) is 13.9. The Morgan fingerprint density at radius 2 is 1.73 bits per heavy atom. The summed E-state index contributed by atoms with van der Waals surface area (Å²) in [6.45, 7) is 1.72. The molecule has 37 heavy (non-hydrogen) atoms. The average molecular weight is 506 g/mol. The second-order valence-electron chi connectivity index (χ2n) is 9.28. The van der Waals surface area contributed by atoms with Gasteiger partial charge in [0.2, 0.25) is 11.8 Å². The predicted molar refractivity (Wildman–Crippen MR) is 131 cm³/mol. The van der Waals surface area contributed by atoms with Gasteiger partial charge in [-0.2, -0.15) is 13.2 Å². The number of anilines is 2. The Bertz CT molecular complexity index is 1500. The first-order chi connectivity index (χ1) is 17.7. The van der Waals surface area contributed by atoms with Crippen molar-refractivity contribution in [3.05, 3.63) is 77.9 Å². The molecule has 0 spiro atoms. The number of esters is 1. The molecule has 6 rings (SSSR count). The minimum absolute atomic E-state index is 0.0745. The number of hydrogen-bond acceptors (Lipinski definition) is 5. The normalized spacial score (nSPS) is 24.3. The number of hydrogen-bond donors (Lipinski definition) is 0. The molecule has 6 nitrogen and oxygen atoms in total. The van der Waals surface area contributed by atoms with Crippen molar-refractivity contribution in [2.45, 2.75) is 25.2 Å². The van der Waals surface area contributed by atoms with Crippen LogP contribution in [0.5, 0.6) is 0 Å². The number of carbonyl (C=O) groups is 3. The molecular weight excluding hydrogens is 485 g/mol. The van der Waals surface area contributed by atoms with Crippen LogP contribution in [0.1, 0.15) is 18.1 Å². The molecule has 4 atom stereocenters. The highest BCUT2D eigenvalue weighted by Crippen LogP contribution is 2.50. The molecular formula is C28H21F3N2O4. The number of amides is 2. The van der Waals surface area contributed by atoms with Crippen LogP contribution < -0.4 is 9.80 Å². The van der Waals surface area contributed by atoms with Gasteiger partial charge in [-0.3, -0.25) is 9.59 Å². The second-order valence-corrected chi connectivity index (χ2v) is 9.28. The van der Waals surface area contributed by atoms with E-state index in [1.165, 1.54) is 6.07 Å². The smallest absolute Gasteiger partial charge is 0.416 e. The van der Waals surface area contributed by atoms with Crippen molar-refractivity contribution >= 4 is 46.0 Å². The Morgan fingerprint density at radius 3 is 2.49 bits per heavy atom. The molecule has 0 saturated carbocycles. The number of halogens is 3. The van der Waals surface area contributed by atoms with Crippen molar-refractivity contribution in [1.82, 2.24) is 0 Å². The zero-order chi connectivity index (χ0) is 26.1. The van der Waals surface area contributed by atoms with Crippen molar-refractivity contribution in [3.63, 3.8) is 0 Å². The van der Waals surface area contributed by atoms with Crippen LogP contribution in [0, 0.1) is 11.8 Å². The molecule has 3 aromatic rings. The van der Waals surface area contributed by atoms with Crippen molar-refractivity contribution in [1.29, 1.82) is 0 Å². The van der Waals surface area contributed by atoms with E-state index in [4.69, 9.17) is 4.74 Å². The Kier molecular flexibility index (Phi) is 5.15. The molecule has 0 N–H and O–H groups in total. The number of imide groups is 1. The van der Waals surface area contributed by atoms with Crippen LogP contribution in [-0.4, -0.2) is 36.5 Å². The summed E-state index contributed by atoms with van der Waals surface area (Å²) in [5.74, 6) is -4.05. The number of alkyl halides is 3. The number of rotatable bonds is 3. The van der Waals surface area contributed by atoms with Crippen molar-refractivity contribution < 1.29 is 32.3 Å². The molecule has 0 aromatic heterocycles. The minimum Gasteiger partial charge on any atom is -0.464 e. The van der Waals surface area contributed by atoms with Crippen LogP contribution in [0.3, 0.4) is 0 Å². The Hall–Kier alpha value is -4.14. The highest BCUT2D eigenvalue weighted by Gasteiger charge is 2.65. The SMILES string of the molecule is CCOC(=O)C1C2C(=O)N(c3cccc(C(F)(F)F)c3)C(=O)C2C2C=Cc3c(ccc4ccccc34)N21. The Morgan fingerprint density at radius 1 is 0.973 bits per heavy atom. The summed E-state index contributed by atoms with van der Waals surface area (Å²) in [6.07, 6.45) is -0.957. The van der Waals surface area contributed by atoms with Crippen molar-refractivity contribution in [3.8, 4) is 0 Å². The third-order valence-electron chi connectivity index (χ3n) is 7.37. The highest BCUT2D eigenvalue weighted by molar-refractivity contribution is 6.24. The van der Waals surface area contributed by atoms with E-state index in [-0.39, 0.29) is 12.3 Å². The first kappa shape index (κ1) is 23.3. The van der Waals surface area contributed by atoms with E-state index < -0.39 is 53.4 Å². The standard InChI is InChI=1S/C28H21F3N2O4/c1-2-37-27(36)24-23-22(25(34)32(26(23)35)17-8-5-7-16(14-17)28(29,30)31)21-13-11-19-18-9-4-3-6-15(18)10-12-20(19)33(21)24/h3-14,21-24H,2H2,1H3. The molecule has 2 saturated heterocycles. The maximum Gasteiger partial charge on any atom is 0.416 e. The van der Waals surface area contributed by atoms with Crippen LogP contribution in [0.25, 0.3) is 16.8 Å². The Labute approximate surface area is 209 Å². The third-order valence-corrected chi connectivity index (χ3v) is 7.37. The van der Waals surface area contributed by atoms with Gasteiger partial charge in [-0.1, -0.05) is 48.6 Å². The van der Waals surface area contributed by atoms with Crippen molar-refractivity contribution in [2.24, 2.45) is 11.8 Å². The lowest BCUT2D eigenvalue weighted by atomic mass is 9.88. The summed E-state index contributed by atoms with van der Waals surface area (Å²) in [7, 11) is 0. The maximum absolute atomic E-state index is 13.7. The van der Waals surface area contributed by atoms with E-state index in [1.807, 2.05) is 42.5 Å². The van der Waals surface area contributed by atoms with E-state index in [9.17, 15) is 27.6 Å². The molecule has 4 unspecified atom stereocenters. The fraction of sp³-hybridized carbons (Fsp3) is 0.250. The molecule has 188 valence electrons. The van der Waals surface area contributed by atoms with Gasteiger partial charge in [-0.05, 0) is 42.0 Å². The van der Waals surface area contributed by atoms with Gasteiger partial charge in [-0.25, -0.2) is 9.69 Å². The number of fused-ring (bicyclic) bond motifs is 7. The van der Waals surface area contributed by atoms with Crippen LogP contribution in [0.4, 0.5) is 24.5 Å². The molecule has 9 heteroatoms. The predicted octanol–water partition coefficient (Wildman–Crippen LogP) is 4.81. The van der Waals surface area contributed by atoms with Crippen molar-refractivity contribution in [2.75, 3.05) is 16.4 Å². The molecule has 3 heterocycles. The van der Waals surface area contributed by atoms with Gasteiger partial charge in [-0.15, -0.1) is 0 Å². The molecule has 0 radical (unpaired) electrons. The second kappa shape index (κ2) is 8.19. The fourth-order valence-electron chi connectivity index (χ4n) is 5.90. The number of nitrogens with zero attached hydrogens (tertiary/aromatic N) is 2. The zero-order valence-electron chi connectivity index (χ0n) is 19.6. The molecule has 2 fully saturated rings. The van der Waals surface area contributed by atoms with E-state index in [0.29, 0.717) is 5.69 Å². The van der Waals surface area contributed by atoms with Crippen LogP contribution in [0.15, 0.2) is 66.7 Å². The lowest BCUT2D eigenvalue weighted by Gasteiger charge is -2.36. The summed E-state index contributed by atoms with van der Waals surface area (Å²) < 4.78 is 45.4. The van der Waals surface area contributed by atoms with Gasteiger partial charge in [0.05, 0.1) is 35.7 Å². The summed E-state index contributed by atoms with van der Waals surface area (Å²) in [4.78, 5) is 43.2. The van der Waals surface area contributed by atoms with E-state index in [0.717, 1.165) is 39.4 Å². The molecule has 3 aromatic carbocycles. The quantitative estimate of drug-likeness (QED) is 0.377. The topological polar surface area (TPSA) is 66.9 Å². The monoisotopic (exact) mass is 506 g/mol. The van der Waals surface area contributed by atoms with Gasteiger partial charge >= 0.3 is 12.1 Å². The third kappa shape index (κ3) is 3.37. The van der Waals surface area contributed by atoms with E-state index in [2.05, 4.69) is 0 Å². The average Bonchev–Trinajstić information content (AvgIpc) is 3.36. The van der Waals surface area contributed by atoms with Crippen LogP contribution >= 0.6 is 0 Å². The van der Waals surface area contributed by atoms with Crippen LogP contribution in [-0.2, 0) is 25.3 Å². The lowest BCUT2D eigenvalue weighted by molar-refractivity contribution is -0.147. The maximum atomic E-state index is 13.7. The molecule has 0 aliphatic carbocycles. The summed E-state index contributed by atoms with van der Waals surface area (Å²) >= 11 is 0.